The molecule has 0 radical (unpaired) electrons. The number of nitrogens with zero attached hydrogens (tertiary/aromatic N) is 1. The summed E-state index contributed by atoms with van der Waals surface area (Å²) in [6.07, 6.45) is -1.09. The first-order valence-corrected chi connectivity index (χ1v) is 3.81. The van der Waals surface area contributed by atoms with Crippen LogP contribution in [0.5, 0.6) is 0 Å². The van der Waals surface area contributed by atoms with Crippen LogP contribution in [-0.2, 0) is 0 Å². The van der Waals surface area contributed by atoms with Crippen molar-refractivity contribution in [1.82, 2.24) is 10.2 Å². The zero-order valence-electron chi connectivity index (χ0n) is 6.85. The van der Waals surface area contributed by atoms with Gasteiger partial charge in [-0.25, -0.2) is 8.78 Å². The summed E-state index contributed by atoms with van der Waals surface area (Å²) in [5, 5.41) is 2.56. The van der Waals surface area contributed by atoms with Crippen molar-refractivity contribution < 1.29 is 8.78 Å². The van der Waals surface area contributed by atoms with Crippen LogP contribution in [0.1, 0.15) is 6.92 Å². The minimum atomic E-state index is -1.09. The molecule has 11 heavy (non-hydrogen) atoms. The van der Waals surface area contributed by atoms with Gasteiger partial charge in [-0.15, -0.1) is 0 Å². The summed E-state index contributed by atoms with van der Waals surface area (Å²) in [5.41, 5.74) is 0. The molecule has 0 amide bonds. The summed E-state index contributed by atoms with van der Waals surface area (Å²) in [6, 6.07) is -0.282. The minimum absolute atomic E-state index is 0.0759. The summed E-state index contributed by atoms with van der Waals surface area (Å²) >= 11 is 0. The zero-order valence-corrected chi connectivity index (χ0v) is 6.85. The summed E-state index contributed by atoms with van der Waals surface area (Å²) < 4.78 is 24.9. The molecule has 1 fully saturated rings. The van der Waals surface area contributed by atoms with Gasteiger partial charge in [-0.3, -0.25) is 10.2 Å². The van der Waals surface area contributed by atoms with Crippen LogP contribution in [-0.4, -0.2) is 43.5 Å². The van der Waals surface area contributed by atoms with E-state index in [2.05, 4.69) is 5.32 Å². The third kappa shape index (κ3) is 1.87. The second kappa shape index (κ2) is 3.45. The van der Waals surface area contributed by atoms with Gasteiger partial charge in [0.1, 0.15) is 6.67 Å². The molecule has 2 nitrogen and oxygen atoms in total. The third-order valence-corrected chi connectivity index (χ3v) is 2.29. The van der Waals surface area contributed by atoms with Gasteiger partial charge in [-0.05, 0) is 14.0 Å². The summed E-state index contributed by atoms with van der Waals surface area (Å²) in [4.78, 5) is 1.82. The molecule has 1 saturated heterocycles. The van der Waals surface area contributed by atoms with Crippen molar-refractivity contribution in [2.24, 2.45) is 0 Å². The Bertz CT molecular complexity index is 132. The second-order valence-electron chi connectivity index (χ2n) is 3.08. The Labute approximate surface area is 65.6 Å². The lowest BCUT2D eigenvalue weighted by molar-refractivity contribution is 0.0586. The van der Waals surface area contributed by atoms with E-state index in [9.17, 15) is 8.78 Å². The van der Waals surface area contributed by atoms with Gasteiger partial charge in [0, 0.05) is 12.6 Å². The summed E-state index contributed by atoms with van der Waals surface area (Å²) in [7, 11) is 1.81. The van der Waals surface area contributed by atoms with Crippen LogP contribution in [0.25, 0.3) is 0 Å². The highest BCUT2D eigenvalue weighted by Crippen LogP contribution is 2.11. The quantitative estimate of drug-likeness (QED) is 0.569. The number of nitrogens with one attached hydrogen (secondary N) is 1. The van der Waals surface area contributed by atoms with Crippen LogP contribution in [0.3, 0.4) is 0 Å². The van der Waals surface area contributed by atoms with E-state index >= 15 is 0 Å². The molecular formula is C7H14F2N2. The number of piperazine rings is 1. The molecule has 0 spiro atoms. The first kappa shape index (κ1) is 8.87. The Hall–Kier alpha value is -0.220. The highest BCUT2D eigenvalue weighted by molar-refractivity contribution is 4.86. The summed E-state index contributed by atoms with van der Waals surface area (Å²) in [5.74, 6) is 0. The van der Waals surface area contributed by atoms with Crippen molar-refractivity contribution in [2.75, 3.05) is 20.3 Å². The largest absolute Gasteiger partial charge is 0.298 e. The highest BCUT2D eigenvalue weighted by Gasteiger charge is 2.30. The molecule has 1 N–H and O–H groups in total. The first-order valence-electron chi connectivity index (χ1n) is 3.81. The molecule has 0 saturated carbocycles. The number of rotatable bonds is 1. The molecule has 0 bridgehead atoms. The maximum Gasteiger partial charge on any atom is 0.164 e. The number of hydrogen-bond acceptors (Lipinski definition) is 2. The van der Waals surface area contributed by atoms with E-state index in [0.29, 0.717) is 6.54 Å². The van der Waals surface area contributed by atoms with Gasteiger partial charge in [-0.2, -0.15) is 0 Å². The van der Waals surface area contributed by atoms with Crippen LogP contribution < -0.4 is 5.32 Å². The average molecular weight is 164 g/mol. The standard InChI is InChI=1S/C7H14F2N2/c1-5-6(3-8)10-7(9)4-11(5)2/h5-7,10H,3-4H2,1-2H3/t5-,6+,7-/m1/s1. The Morgan fingerprint density at radius 2 is 2.27 bits per heavy atom. The molecule has 0 aromatic heterocycles. The molecule has 1 rings (SSSR count). The molecule has 3 atom stereocenters. The normalized spacial score (nSPS) is 40.9. The van der Waals surface area contributed by atoms with Gasteiger partial charge >= 0.3 is 0 Å². The Balaban J connectivity index is 2.51. The molecule has 4 heteroatoms. The van der Waals surface area contributed by atoms with Gasteiger partial charge in [0.25, 0.3) is 0 Å². The van der Waals surface area contributed by atoms with E-state index < -0.39 is 13.0 Å². The van der Waals surface area contributed by atoms with E-state index in [1.807, 2.05) is 11.8 Å². The van der Waals surface area contributed by atoms with Crippen LogP contribution in [0.4, 0.5) is 8.78 Å². The topological polar surface area (TPSA) is 15.3 Å². The summed E-state index contributed by atoms with van der Waals surface area (Å²) in [6.45, 7) is 1.73. The van der Waals surface area contributed by atoms with Crippen molar-refractivity contribution in [3.05, 3.63) is 0 Å². The minimum Gasteiger partial charge on any atom is -0.298 e. The third-order valence-electron chi connectivity index (χ3n) is 2.29. The Morgan fingerprint density at radius 3 is 2.82 bits per heavy atom. The van der Waals surface area contributed by atoms with E-state index in [1.54, 1.807) is 7.05 Å². The number of likely N-dealkylation sites (N-methyl/N-ethyl adjacent to an activating group) is 1. The van der Waals surface area contributed by atoms with Gasteiger partial charge in [0.2, 0.25) is 0 Å². The van der Waals surface area contributed by atoms with E-state index in [1.165, 1.54) is 0 Å². The molecule has 66 valence electrons. The predicted octanol–water partition coefficient (Wildman–Crippen LogP) is 0.544. The fraction of sp³-hybridized carbons (Fsp3) is 1.00. The maximum absolute atomic E-state index is 12.7. The van der Waals surface area contributed by atoms with Gasteiger partial charge in [0.15, 0.2) is 6.30 Å². The van der Waals surface area contributed by atoms with Crippen molar-refractivity contribution in [1.29, 1.82) is 0 Å². The molecule has 1 aliphatic rings. The molecule has 0 aromatic carbocycles. The molecule has 1 aliphatic heterocycles. The van der Waals surface area contributed by atoms with E-state index in [4.69, 9.17) is 0 Å². The van der Waals surface area contributed by atoms with Crippen molar-refractivity contribution in [3.63, 3.8) is 0 Å². The average Bonchev–Trinajstić information content (AvgIpc) is 1.96. The second-order valence-corrected chi connectivity index (χ2v) is 3.08. The van der Waals surface area contributed by atoms with Crippen molar-refractivity contribution >= 4 is 0 Å². The van der Waals surface area contributed by atoms with Gasteiger partial charge in [-0.1, -0.05) is 0 Å². The Kier molecular flexibility index (Phi) is 2.78. The molecule has 0 aromatic rings. The van der Waals surface area contributed by atoms with Gasteiger partial charge in [0.05, 0.1) is 6.04 Å². The molecule has 1 heterocycles. The van der Waals surface area contributed by atoms with Crippen molar-refractivity contribution in [3.8, 4) is 0 Å². The Morgan fingerprint density at radius 1 is 1.64 bits per heavy atom. The fourth-order valence-corrected chi connectivity index (χ4v) is 1.32. The van der Waals surface area contributed by atoms with Crippen LogP contribution in [0, 0.1) is 0 Å². The number of alkyl halides is 2. The van der Waals surface area contributed by atoms with Crippen LogP contribution in [0.15, 0.2) is 0 Å². The molecule has 0 unspecified atom stereocenters. The lowest BCUT2D eigenvalue weighted by Crippen LogP contribution is -2.59. The van der Waals surface area contributed by atoms with Gasteiger partial charge < -0.3 is 0 Å². The molecular weight excluding hydrogens is 150 g/mol. The van der Waals surface area contributed by atoms with E-state index in [-0.39, 0.29) is 12.1 Å². The van der Waals surface area contributed by atoms with Crippen LogP contribution >= 0.6 is 0 Å². The smallest absolute Gasteiger partial charge is 0.164 e. The fourth-order valence-electron chi connectivity index (χ4n) is 1.32. The lowest BCUT2D eigenvalue weighted by Gasteiger charge is -2.38. The number of hydrogen-bond donors (Lipinski definition) is 1. The number of halogens is 2. The van der Waals surface area contributed by atoms with E-state index in [0.717, 1.165) is 0 Å². The first-order chi connectivity index (χ1) is 5.15. The van der Waals surface area contributed by atoms with Crippen molar-refractivity contribution in [2.45, 2.75) is 25.3 Å². The SMILES string of the molecule is C[C@@H]1[C@H](CF)N[C@@H](F)CN1C. The lowest BCUT2D eigenvalue weighted by atomic mass is 10.1. The zero-order chi connectivity index (χ0) is 8.43. The predicted molar refractivity (Wildman–Crippen MR) is 39.9 cm³/mol. The maximum atomic E-state index is 12.7. The highest BCUT2D eigenvalue weighted by atomic mass is 19.1. The monoisotopic (exact) mass is 164 g/mol. The molecule has 0 aliphatic carbocycles. The van der Waals surface area contributed by atoms with Crippen LogP contribution in [0.2, 0.25) is 0 Å².